The van der Waals surface area contributed by atoms with Gasteiger partial charge in [-0.25, -0.2) is 0 Å². The highest BCUT2D eigenvalue weighted by Crippen LogP contribution is 1.87. The van der Waals surface area contributed by atoms with Crippen molar-refractivity contribution in [1.29, 1.82) is 0 Å². The number of ether oxygens (including phenoxy) is 2. The highest BCUT2D eigenvalue weighted by atomic mass is 16.5. The third-order valence-corrected chi connectivity index (χ3v) is 1.81. The second kappa shape index (κ2) is 10.9. The first kappa shape index (κ1) is 15.3. The Hall–Kier alpha value is -0.650. The fourth-order valence-corrected chi connectivity index (χ4v) is 0.928. The van der Waals surface area contributed by atoms with Crippen LogP contribution in [0.4, 0.5) is 0 Å². The average molecular weight is 232 g/mol. The second-order valence-corrected chi connectivity index (χ2v) is 3.97. The van der Waals surface area contributed by atoms with E-state index in [4.69, 9.17) is 9.47 Å². The van der Waals surface area contributed by atoms with E-state index in [1.807, 2.05) is 7.05 Å². The largest absolute Gasteiger partial charge is 0.378 e. The van der Waals surface area contributed by atoms with E-state index in [1.54, 1.807) is 0 Å². The van der Waals surface area contributed by atoms with Gasteiger partial charge in [-0.3, -0.25) is 4.79 Å². The van der Waals surface area contributed by atoms with Gasteiger partial charge in [-0.15, -0.1) is 0 Å². The van der Waals surface area contributed by atoms with Crippen LogP contribution in [0.5, 0.6) is 0 Å². The zero-order valence-electron chi connectivity index (χ0n) is 10.5. The Bertz CT molecular complexity index is 175. The van der Waals surface area contributed by atoms with Crippen molar-refractivity contribution in [3.63, 3.8) is 0 Å². The van der Waals surface area contributed by atoms with Gasteiger partial charge in [0.05, 0.1) is 19.8 Å². The van der Waals surface area contributed by atoms with E-state index in [-0.39, 0.29) is 12.5 Å². The third-order valence-electron chi connectivity index (χ3n) is 1.81. The molecule has 0 saturated heterocycles. The molecule has 0 aromatic rings. The molecule has 0 aliphatic heterocycles. The Labute approximate surface area is 97.9 Å². The molecule has 0 aliphatic carbocycles. The van der Waals surface area contributed by atoms with Crippen molar-refractivity contribution in [2.75, 3.05) is 46.6 Å². The standard InChI is InChI=1S/C11H24N2O3/c1-10(2)8-13-11(14)9-16-7-6-15-5-4-12-3/h10,12H,4-9H2,1-3H3,(H,13,14). The smallest absolute Gasteiger partial charge is 0.246 e. The lowest BCUT2D eigenvalue weighted by molar-refractivity contribution is -0.126. The van der Waals surface area contributed by atoms with Gasteiger partial charge in [0.15, 0.2) is 0 Å². The SMILES string of the molecule is CNCCOCCOCC(=O)NCC(C)C. The van der Waals surface area contributed by atoms with Gasteiger partial charge < -0.3 is 20.1 Å². The topological polar surface area (TPSA) is 59.6 Å². The quantitative estimate of drug-likeness (QED) is 0.521. The first-order chi connectivity index (χ1) is 7.66. The molecule has 5 heteroatoms. The number of amides is 1. The molecule has 0 heterocycles. The summed E-state index contributed by atoms with van der Waals surface area (Å²) < 4.78 is 10.4. The van der Waals surface area contributed by atoms with Gasteiger partial charge in [0.1, 0.15) is 6.61 Å². The van der Waals surface area contributed by atoms with Crippen LogP contribution in [0.1, 0.15) is 13.8 Å². The molecule has 0 atom stereocenters. The molecule has 0 saturated carbocycles. The van der Waals surface area contributed by atoms with Crippen LogP contribution in [0.3, 0.4) is 0 Å². The maximum atomic E-state index is 11.2. The van der Waals surface area contributed by atoms with Crippen LogP contribution < -0.4 is 10.6 Å². The second-order valence-electron chi connectivity index (χ2n) is 3.97. The van der Waals surface area contributed by atoms with Crippen LogP contribution in [0.15, 0.2) is 0 Å². The molecule has 0 aromatic heterocycles. The minimum atomic E-state index is -0.0658. The summed E-state index contributed by atoms with van der Waals surface area (Å²) in [6, 6.07) is 0. The predicted molar refractivity (Wildman–Crippen MR) is 63.4 cm³/mol. The molecular weight excluding hydrogens is 208 g/mol. The highest BCUT2D eigenvalue weighted by Gasteiger charge is 2.01. The minimum Gasteiger partial charge on any atom is -0.378 e. The Morgan fingerprint density at radius 3 is 2.50 bits per heavy atom. The number of likely N-dealkylation sites (N-methyl/N-ethyl adjacent to an activating group) is 1. The molecule has 0 unspecified atom stereocenters. The molecule has 0 aliphatic rings. The summed E-state index contributed by atoms with van der Waals surface area (Å²) in [4.78, 5) is 11.2. The fourth-order valence-electron chi connectivity index (χ4n) is 0.928. The monoisotopic (exact) mass is 232 g/mol. The Morgan fingerprint density at radius 2 is 1.88 bits per heavy atom. The summed E-state index contributed by atoms with van der Waals surface area (Å²) in [6.45, 7) is 7.39. The van der Waals surface area contributed by atoms with Gasteiger partial charge in [-0.1, -0.05) is 13.8 Å². The van der Waals surface area contributed by atoms with Crippen LogP contribution in [0, 0.1) is 5.92 Å². The number of rotatable bonds is 10. The van der Waals surface area contributed by atoms with E-state index in [0.29, 0.717) is 32.3 Å². The predicted octanol–water partition coefficient (Wildman–Crippen LogP) is 0.0112. The average Bonchev–Trinajstić information content (AvgIpc) is 2.25. The highest BCUT2D eigenvalue weighted by molar-refractivity contribution is 5.77. The number of hydrogen-bond acceptors (Lipinski definition) is 4. The van der Waals surface area contributed by atoms with E-state index in [9.17, 15) is 4.79 Å². The van der Waals surface area contributed by atoms with Gasteiger partial charge in [0.2, 0.25) is 5.91 Å². The molecule has 0 radical (unpaired) electrons. The molecule has 0 fully saturated rings. The molecule has 2 N–H and O–H groups in total. The summed E-state index contributed by atoms with van der Waals surface area (Å²) >= 11 is 0. The van der Waals surface area contributed by atoms with E-state index in [1.165, 1.54) is 0 Å². The van der Waals surface area contributed by atoms with E-state index >= 15 is 0 Å². The number of hydrogen-bond donors (Lipinski definition) is 2. The van der Waals surface area contributed by atoms with Gasteiger partial charge >= 0.3 is 0 Å². The van der Waals surface area contributed by atoms with Gasteiger partial charge in [-0.2, -0.15) is 0 Å². The van der Waals surface area contributed by atoms with Crippen molar-refractivity contribution < 1.29 is 14.3 Å². The van der Waals surface area contributed by atoms with Crippen molar-refractivity contribution in [3.8, 4) is 0 Å². The molecule has 0 rings (SSSR count). The van der Waals surface area contributed by atoms with Crippen molar-refractivity contribution >= 4 is 5.91 Å². The molecule has 0 spiro atoms. The lowest BCUT2D eigenvalue weighted by atomic mass is 10.2. The van der Waals surface area contributed by atoms with Crippen molar-refractivity contribution in [2.24, 2.45) is 5.92 Å². The van der Waals surface area contributed by atoms with E-state index in [0.717, 1.165) is 6.54 Å². The van der Waals surface area contributed by atoms with Gasteiger partial charge in [0.25, 0.3) is 0 Å². The van der Waals surface area contributed by atoms with Crippen LogP contribution in [0.25, 0.3) is 0 Å². The maximum Gasteiger partial charge on any atom is 0.246 e. The first-order valence-electron chi connectivity index (χ1n) is 5.73. The molecular formula is C11H24N2O3. The Morgan fingerprint density at radius 1 is 1.19 bits per heavy atom. The van der Waals surface area contributed by atoms with Gasteiger partial charge in [-0.05, 0) is 13.0 Å². The molecule has 0 aromatic carbocycles. The molecule has 16 heavy (non-hydrogen) atoms. The maximum absolute atomic E-state index is 11.2. The Balaban J connectivity index is 3.15. The summed E-state index contributed by atoms with van der Waals surface area (Å²) in [5.41, 5.74) is 0. The normalized spacial score (nSPS) is 10.8. The Kier molecular flexibility index (Phi) is 10.4. The zero-order valence-corrected chi connectivity index (χ0v) is 10.5. The van der Waals surface area contributed by atoms with Crippen molar-refractivity contribution in [3.05, 3.63) is 0 Å². The van der Waals surface area contributed by atoms with E-state index in [2.05, 4.69) is 24.5 Å². The third kappa shape index (κ3) is 11.4. The van der Waals surface area contributed by atoms with Gasteiger partial charge in [0, 0.05) is 13.1 Å². The molecule has 96 valence electrons. The fraction of sp³-hybridized carbons (Fsp3) is 0.909. The lowest BCUT2D eigenvalue weighted by Crippen LogP contribution is -2.31. The minimum absolute atomic E-state index is 0.0658. The molecule has 5 nitrogen and oxygen atoms in total. The number of carbonyl (C=O) groups is 1. The summed E-state index contributed by atoms with van der Waals surface area (Å²) in [7, 11) is 1.87. The summed E-state index contributed by atoms with van der Waals surface area (Å²) in [5, 5.41) is 5.75. The first-order valence-corrected chi connectivity index (χ1v) is 5.73. The molecule has 0 bridgehead atoms. The zero-order chi connectivity index (χ0) is 12.2. The van der Waals surface area contributed by atoms with E-state index < -0.39 is 0 Å². The van der Waals surface area contributed by atoms with Crippen LogP contribution >= 0.6 is 0 Å². The molecule has 1 amide bonds. The number of carbonyl (C=O) groups excluding carboxylic acids is 1. The summed E-state index contributed by atoms with van der Waals surface area (Å²) in [5.74, 6) is 0.401. The van der Waals surface area contributed by atoms with Crippen LogP contribution in [-0.4, -0.2) is 52.5 Å². The van der Waals surface area contributed by atoms with Crippen LogP contribution in [-0.2, 0) is 14.3 Å². The lowest BCUT2D eigenvalue weighted by Gasteiger charge is -2.08. The van der Waals surface area contributed by atoms with Crippen molar-refractivity contribution in [2.45, 2.75) is 13.8 Å². The summed E-state index contributed by atoms with van der Waals surface area (Å²) in [6.07, 6.45) is 0. The van der Waals surface area contributed by atoms with Crippen LogP contribution in [0.2, 0.25) is 0 Å². The van der Waals surface area contributed by atoms with Crippen molar-refractivity contribution in [1.82, 2.24) is 10.6 Å². The number of nitrogens with one attached hydrogen (secondary N) is 2.